The number of morpholine rings is 1. The van der Waals surface area contributed by atoms with Crippen LogP contribution in [0.5, 0.6) is 0 Å². The summed E-state index contributed by atoms with van der Waals surface area (Å²) in [6, 6.07) is 11.9. The monoisotopic (exact) mass is 415 g/mol. The summed E-state index contributed by atoms with van der Waals surface area (Å²) in [5.74, 6) is 1.58. The lowest BCUT2D eigenvalue weighted by Crippen LogP contribution is -2.44. The highest BCUT2D eigenvalue weighted by Gasteiger charge is 2.25. The maximum atomic E-state index is 12.3. The highest BCUT2D eigenvalue weighted by atomic mass is 32.1. The molecular formula is C21H25N3O4S. The van der Waals surface area contributed by atoms with E-state index in [1.807, 2.05) is 43.3 Å². The van der Waals surface area contributed by atoms with E-state index in [0.29, 0.717) is 26.4 Å². The van der Waals surface area contributed by atoms with Crippen LogP contribution in [0.25, 0.3) is 10.2 Å². The second kappa shape index (κ2) is 9.49. The normalized spacial score (nSPS) is 16.2. The van der Waals surface area contributed by atoms with Gasteiger partial charge in [0, 0.05) is 19.6 Å². The Morgan fingerprint density at radius 1 is 1.28 bits per heavy atom. The van der Waals surface area contributed by atoms with Crippen molar-refractivity contribution in [1.82, 2.24) is 15.2 Å². The highest BCUT2D eigenvalue weighted by Crippen LogP contribution is 2.24. The molecule has 1 fully saturated rings. The molecule has 29 heavy (non-hydrogen) atoms. The van der Waals surface area contributed by atoms with Crippen molar-refractivity contribution < 1.29 is 18.7 Å². The van der Waals surface area contributed by atoms with Gasteiger partial charge in [0.2, 0.25) is 5.91 Å². The molecule has 8 heteroatoms. The van der Waals surface area contributed by atoms with Crippen LogP contribution < -0.4 is 5.32 Å². The van der Waals surface area contributed by atoms with E-state index in [9.17, 15) is 4.79 Å². The van der Waals surface area contributed by atoms with Gasteiger partial charge < -0.3 is 19.2 Å². The van der Waals surface area contributed by atoms with Gasteiger partial charge in [-0.3, -0.25) is 9.69 Å². The van der Waals surface area contributed by atoms with E-state index in [0.717, 1.165) is 39.8 Å². The van der Waals surface area contributed by atoms with Gasteiger partial charge in [-0.25, -0.2) is 4.98 Å². The second-order valence-electron chi connectivity index (χ2n) is 6.98. The number of rotatable bonds is 8. The van der Waals surface area contributed by atoms with Crippen LogP contribution in [-0.4, -0.2) is 55.2 Å². The van der Waals surface area contributed by atoms with Gasteiger partial charge in [-0.2, -0.15) is 0 Å². The van der Waals surface area contributed by atoms with Crippen molar-refractivity contribution in [3.63, 3.8) is 0 Å². The summed E-state index contributed by atoms with van der Waals surface area (Å²) in [7, 11) is 0. The molecule has 1 unspecified atom stereocenters. The zero-order valence-electron chi connectivity index (χ0n) is 16.4. The number of nitrogens with zero attached hydrogens (tertiary/aromatic N) is 2. The summed E-state index contributed by atoms with van der Waals surface area (Å²) >= 11 is 1.59. The Bertz CT molecular complexity index is 915. The highest BCUT2D eigenvalue weighted by molar-refractivity contribution is 7.18. The van der Waals surface area contributed by atoms with E-state index in [1.165, 1.54) is 0 Å². The molecule has 7 nitrogen and oxygen atoms in total. The number of fused-ring (bicyclic) bond motifs is 1. The lowest BCUT2D eigenvalue weighted by molar-refractivity contribution is -0.126. The number of furan rings is 1. The molecule has 1 amide bonds. The Hall–Kier alpha value is -2.26. The van der Waals surface area contributed by atoms with Crippen LogP contribution >= 0.6 is 11.3 Å². The largest absolute Gasteiger partial charge is 0.465 e. The Morgan fingerprint density at radius 3 is 2.86 bits per heavy atom. The first-order valence-corrected chi connectivity index (χ1v) is 10.6. The summed E-state index contributed by atoms with van der Waals surface area (Å²) < 4.78 is 18.0. The van der Waals surface area contributed by atoms with Gasteiger partial charge in [0.25, 0.3) is 0 Å². The van der Waals surface area contributed by atoms with Gasteiger partial charge in [-0.05, 0) is 31.2 Å². The van der Waals surface area contributed by atoms with Crippen molar-refractivity contribution in [1.29, 1.82) is 0 Å². The second-order valence-corrected chi connectivity index (χ2v) is 8.10. The van der Waals surface area contributed by atoms with Crippen molar-refractivity contribution in [3.05, 3.63) is 52.9 Å². The number of aromatic nitrogens is 1. The van der Waals surface area contributed by atoms with Gasteiger partial charge in [0.1, 0.15) is 23.1 Å². The lowest BCUT2D eigenvalue weighted by Gasteiger charge is -2.33. The number of amides is 1. The minimum atomic E-state index is -0.146. The molecule has 2 aromatic heterocycles. The molecular weight excluding hydrogens is 390 g/mol. The van der Waals surface area contributed by atoms with E-state index in [-0.39, 0.29) is 18.6 Å². The number of thiazole rings is 1. The Labute approximate surface area is 173 Å². The van der Waals surface area contributed by atoms with E-state index < -0.39 is 0 Å². The molecule has 0 bridgehead atoms. The predicted octanol–water partition coefficient (Wildman–Crippen LogP) is 2.90. The number of aryl methyl sites for hydroxylation is 1. The topological polar surface area (TPSA) is 76.8 Å². The Balaban J connectivity index is 1.28. The first-order valence-electron chi connectivity index (χ1n) is 9.76. The zero-order valence-corrected chi connectivity index (χ0v) is 17.2. The van der Waals surface area contributed by atoms with Crippen LogP contribution in [0.3, 0.4) is 0 Å². The predicted molar refractivity (Wildman–Crippen MR) is 111 cm³/mol. The summed E-state index contributed by atoms with van der Waals surface area (Å²) in [4.78, 5) is 19.1. The van der Waals surface area contributed by atoms with Gasteiger partial charge >= 0.3 is 0 Å². The molecule has 1 aliphatic heterocycles. The third kappa shape index (κ3) is 5.22. The summed E-state index contributed by atoms with van der Waals surface area (Å²) in [5, 5.41) is 3.85. The van der Waals surface area contributed by atoms with E-state index >= 15 is 0 Å². The van der Waals surface area contributed by atoms with Crippen molar-refractivity contribution in [2.45, 2.75) is 19.6 Å². The van der Waals surface area contributed by atoms with Gasteiger partial charge in [0.15, 0.2) is 0 Å². The van der Waals surface area contributed by atoms with Crippen LogP contribution in [0.4, 0.5) is 0 Å². The number of ether oxygens (including phenoxy) is 2. The van der Waals surface area contributed by atoms with Crippen molar-refractivity contribution >= 4 is 27.5 Å². The molecule has 4 rings (SSSR count). The first kappa shape index (κ1) is 20.0. The molecule has 0 spiro atoms. The first-order chi connectivity index (χ1) is 14.2. The third-order valence-electron chi connectivity index (χ3n) is 4.87. The summed E-state index contributed by atoms with van der Waals surface area (Å²) in [5.41, 5.74) is 0.961. The average Bonchev–Trinajstić information content (AvgIpc) is 3.35. The number of nitrogens with one attached hydrogen (secondary N) is 1. The lowest BCUT2D eigenvalue weighted by atomic mass is 10.1. The van der Waals surface area contributed by atoms with Gasteiger partial charge in [-0.1, -0.05) is 12.1 Å². The van der Waals surface area contributed by atoms with Crippen LogP contribution in [0.1, 0.15) is 22.6 Å². The molecule has 3 heterocycles. The maximum absolute atomic E-state index is 12.3. The van der Waals surface area contributed by atoms with Crippen LogP contribution in [0, 0.1) is 6.92 Å². The Morgan fingerprint density at radius 2 is 2.10 bits per heavy atom. The van der Waals surface area contributed by atoms with E-state index in [2.05, 4.69) is 15.2 Å². The number of hydrogen-bond donors (Lipinski definition) is 1. The van der Waals surface area contributed by atoms with E-state index in [4.69, 9.17) is 13.9 Å². The SMILES string of the molecule is Cc1ccc(C(CNC(=O)COCc2nc3ccccc3s2)N2CCOCC2)o1. The maximum Gasteiger partial charge on any atom is 0.246 e. The number of carbonyl (C=O) groups is 1. The molecule has 1 saturated heterocycles. The van der Waals surface area contributed by atoms with E-state index in [1.54, 1.807) is 11.3 Å². The minimum Gasteiger partial charge on any atom is -0.465 e. The molecule has 3 aromatic rings. The third-order valence-corrected chi connectivity index (χ3v) is 5.88. The molecule has 154 valence electrons. The smallest absolute Gasteiger partial charge is 0.246 e. The molecule has 1 aliphatic rings. The standard InChI is InChI=1S/C21H25N3O4S/c1-15-6-7-18(28-15)17(24-8-10-26-11-9-24)12-22-20(25)13-27-14-21-23-16-4-2-3-5-19(16)29-21/h2-7,17H,8-14H2,1H3,(H,22,25). The molecule has 1 aromatic carbocycles. The summed E-state index contributed by atoms with van der Waals surface area (Å²) in [6.07, 6.45) is 0. The molecule has 1 atom stereocenters. The zero-order chi connectivity index (χ0) is 20.1. The molecule has 0 radical (unpaired) electrons. The van der Waals surface area contributed by atoms with Gasteiger partial charge in [0.05, 0.1) is 36.1 Å². The van der Waals surface area contributed by atoms with Crippen LogP contribution in [0.15, 0.2) is 40.8 Å². The van der Waals surface area contributed by atoms with Crippen LogP contribution in [-0.2, 0) is 20.9 Å². The molecule has 0 aliphatic carbocycles. The fourth-order valence-corrected chi connectivity index (χ4v) is 4.31. The van der Waals surface area contributed by atoms with Crippen molar-refractivity contribution in [3.8, 4) is 0 Å². The minimum absolute atomic E-state index is 0.00292. The van der Waals surface area contributed by atoms with Gasteiger partial charge in [-0.15, -0.1) is 11.3 Å². The Kier molecular flexibility index (Phi) is 6.56. The molecule has 0 saturated carbocycles. The average molecular weight is 416 g/mol. The summed E-state index contributed by atoms with van der Waals surface area (Å²) in [6.45, 7) is 5.73. The van der Waals surface area contributed by atoms with Crippen LogP contribution in [0.2, 0.25) is 0 Å². The number of hydrogen-bond acceptors (Lipinski definition) is 7. The fraction of sp³-hybridized carbons (Fsp3) is 0.429. The number of para-hydroxylation sites is 1. The van der Waals surface area contributed by atoms with Crippen molar-refractivity contribution in [2.24, 2.45) is 0 Å². The molecule has 1 N–H and O–H groups in total. The quantitative estimate of drug-likeness (QED) is 0.610. The van der Waals surface area contributed by atoms with Crippen molar-refractivity contribution in [2.75, 3.05) is 39.5 Å². The number of carbonyl (C=O) groups excluding carboxylic acids is 1. The fourth-order valence-electron chi connectivity index (χ4n) is 3.41. The number of benzene rings is 1.